The molecule has 0 saturated carbocycles. The van der Waals surface area contributed by atoms with Crippen LogP contribution in [0.3, 0.4) is 0 Å². The summed E-state index contributed by atoms with van der Waals surface area (Å²) in [7, 11) is 1.63. The number of ether oxygens (including phenoxy) is 1. The predicted octanol–water partition coefficient (Wildman–Crippen LogP) is 4.50. The van der Waals surface area contributed by atoms with Crippen molar-refractivity contribution in [2.75, 3.05) is 20.2 Å². The fraction of sp³-hybridized carbons (Fsp3) is 0.400. The number of nitrogens with one attached hydrogen (secondary N) is 1. The largest absolute Gasteiger partial charge is 0.497 e. The Balaban J connectivity index is 1.15. The van der Waals surface area contributed by atoms with Gasteiger partial charge in [-0.3, -0.25) is 9.69 Å². The van der Waals surface area contributed by atoms with Gasteiger partial charge in [0.1, 0.15) is 5.75 Å². The van der Waals surface area contributed by atoms with Gasteiger partial charge in [-0.25, -0.2) is 0 Å². The average Bonchev–Trinajstić information content (AvgIpc) is 3.31. The highest BCUT2D eigenvalue weighted by molar-refractivity contribution is 6.30. The standard InChI is InChI=1S/C25H29ClN4O3/c1-32-22-11-7-19(8-12-22)25-28-24(33-29-25)4-2-3-23(31)27-21-13-15-30(16-14-21)17-18-5-9-20(26)10-6-18/h5-12,21H,2-4,13-17H2,1H3,(H,27,31). The van der Waals surface area contributed by atoms with Gasteiger partial charge in [0.05, 0.1) is 7.11 Å². The number of carbonyl (C=O) groups is 1. The summed E-state index contributed by atoms with van der Waals surface area (Å²) in [6.45, 7) is 2.87. The summed E-state index contributed by atoms with van der Waals surface area (Å²) in [6.07, 6.45) is 3.63. The molecular formula is C25H29ClN4O3. The van der Waals surface area contributed by atoms with Crippen LogP contribution in [0.2, 0.25) is 5.02 Å². The second kappa shape index (κ2) is 11.3. The number of nitrogens with zero attached hydrogens (tertiary/aromatic N) is 3. The van der Waals surface area contributed by atoms with Crippen LogP contribution in [0, 0.1) is 0 Å². The molecule has 174 valence electrons. The minimum absolute atomic E-state index is 0.0843. The van der Waals surface area contributed by atoms with E-state index in [0.29, 0.717) is 31.0 Å². The summed E-state index contributed by atoms with van der Waals surface area (Å²) >= 11 is 5.96. The van der Waals surface area contributed by atoms with E-state index < -0.39 is 0 Å². The summed E-state index contributed by atoms with van der Waals surface area (Å²) in [5.74, 6) is 1.95. The van der Waals surface area contributed by atoms with Gasteiger partial charge in [-0.15, -0.1) is 0 Å². The number of aryl methyl sites for hydroxylation is 1. The maximum Gasteiger partial charge on any atom is 0.226 e. The molecule has 0 spiro atoms. The lowest BCUT2D eigenvalue weighted by Crippen LogP contribution is -2.44. The number of piperidine rings is 1. The summed E-state index contributed by atoms with van der Waals surface area (Å²) in [4.78, 5) is 19.2. The Morgan fingerprint density at radius 3 is 2.58 bits per heavy atom. The molecule has 1 amide bonds. The van der Waals surface area contributed by atoms with Crippen molar-refractivity contribution in [1.82, 2.24) is 20.4 Å². The number of hydrogen-bond acceptors (Lipinski definition) is 6. The van der Waals surface area contributed by atoms with Crippen molar-refractivity contribution in [2.45, 2.75) is 44.7 Å². The molecule has 0 aliphatic carbocycles. The molecule has 0 bridgehead atoms. The highest BCUT2D eigenvalue weighted by Gasteiger charge is 2.20. The topological polar surface area (TPSA) is 80.5 Å². The number of carbonyl (C=O) groups excluding carboxylic acids is 1. The van der Waals surface area contributed by atoms with Crippen LogP contribution in [0.1, 0.15) is 37.1 Å². The number of benzene rings is 2. The van der Waals surface area contributed by atoms with Crippen LogP contribution in [0.25, 0.3) is 11.4 Å². The Hall–Kier alpha value is -2.90. The van der Waals surface area contributed by atoms with Crippen molar-refractivity contribution in [1.29, 1.82) is 0 Å². The molecule has 2 heterocycles. The SMILES string of the molecule is COc1ccc(-c2noc(CCCC(=O)NC3CCN(Cc4ccc(Cl)cc4)CC3)n2)cc1. The van der Waals surface area contributed by atoms with E-state index in [0.717, 1.165) is 48.8 Å². The first kappa shape index (κ1) is 23.3. The average molecular weight is 469 g/mol. The summed E-state index contributed by atoms with van der Waals surface area (Å²) in [5, 5.41) is 7.97. The molecule has 2 aromatic carbocycles. The normalized spacial score (nSPS) is 14.8. The number of aromatic nitrogens is 2. The van der Waals surface area contributed by atoms with Crippen molar-refractivity contribution in [3.63, 3.8) is 0 Å². The fourth-order valence-electron chi connectivity index (χ4n) is 4.00. The first-order valence-corrected chi connectivity index (χ1v) is 11.7. The minimum atomic E-state index is 0.0843. The molecule has 7 nitrogen and oxygen atoms in total. The molecule has 0 atom stereocenters. The van der Waals surface area contributed by atoms with Gasteiger partial charge in [-0.1, -0.05) is 28.9 Å². The Morgan fingerprint density at radius 1 is 1.15 bits per heavy atom. The van der Waals surface area contributed by atoms with E-state index in [2.05, 4.69) is 32.5 Å². The van der Waals surface area contributed by atoms with Crippen molar-refractivity contribution < 1.29 is 14.1 Å². The van der Waals surface area contributed by atoms with Crippen molar-refractivity contribution >= 4 is 17.5 Å². The van der Waals surface area contributed by atoms with Crippen molar-refractivity contribution in [3.05, 3.63) is 65.0 Å². The van der Waals surface area contributed by atoms with E-state index >= 15 is 0 Å². The number of methoxy groups -OCH3 is 1. The third kappa shape index (κ3) is 6.79. The zero-order valence-corrected chi connectivity index (χ0v) is 19.6. The molecule has 1 fully saturated rings. The fourth-order valence-corrected chi connectivity index (χ4v) is 4.12. The van der Waals surface area contributed by atoms with E-state index in [4.69, 9.17) is 20.9 Å². The molecule has 0 unspecified atom stereocenters. The molecule has 1 aliphatic rings. The minimum Gasteiger partial charge on any atom is -0.497 e. The van der Waals surface area contributed by atoms with Crippen LogP contribution in [-0.4, -0.2) is 47.2 Å². The predicted molar refractivity (Wildman–Crippen MR) is 127 cm³/mol. The molecule has 1 aromatic heterocycles. The van der Waals surface area contributed by atoms with E-state index in [9.17, 15) is 4.79 Å². The number of halogens is 1. The van der Waals surface area contributed by atoms with E-state index in [1.54, 1.807) is 7.11 Å². The van der Waals surface area contributed by atoms with Crippen LogP contribution in [0.15, 0.2) is 53.1 Å². The lowest BCUT2D eigenvalue weighted by molar-refractivity contribution is -0.122. The van der Waals surface area contributed by atoms with E-state index in [1.165, 1.54) is 5.56 Å². The third-order valence-electron chi connectivity index (χ3n) is 5.88. The number of hydrogen-bond donors (Lipinski definition) is 1. The van der Waals surface area contributed by atoms with Gasteiger partial charge >= 0.3 is 0 Å². The zero-order valence-electron chi connectivity index (χ0n) is 18.8. The Morgan fingerprint density at radius 2 is 1.88 bits per heavy atom. The second-order valence-electron chi connectivity index (χ2n) is 8.34. The first-order valence-electron chi connectivity index (χ1n) is 11.3. The molecule has 1 aliphatic heterocycles. The van der Waals surface area contributed by atoms with Gasteiger partial charge in [0, 0.05) is 49.1 Å². The van der Waals surface area contributed by atoms with Crippen LogP contribution in [0.4, 0.5) is 0 Å². The summed E-state index contributed by atoms with van der Waals surface area (Å²) in [6, 6.07) is 15.7. The number of amides is 1. The molecular weight excluding hydrogens is 440 g/mol. The molecule has 33 heavy (non-hydrogen) atoms. The lowest BCUT2D eigenvalue weighted by atomic mass is 10.0. The second-order valence-corrected chi connectivity index (χ2v) is 8.77. The monoisotopic (exact) mass is 468 g/mol. The van der Waals surface area contributed by atoms with Crippen LogP contribution in [0.5, 0.6) is 5.75 Å². The Labute approximate surface area is 199 Å². The molecule has 4 rings (SSSR count). The smallest absolute Gasteiger partial charge is 0.226 e. The molecule has 1 N–H and O–H groups in total. The maximum atomic E-state index is 12.4. The highest BCUT2D eigenvalue weighted by atomic mass is 35.5. The van der Waals surface area contributed by atoms with E-state index in [-0.39, 0.29) is 11.9 Å². The van der Waals surface area contributed by atoms with Crippen molar-refractivity contribution in [3.8, 4) is 17.1 Å². The quantitative estimate of drug-likeness (QED) is 0.498. The zero-order chi connectivity index (χ0) is 23.0. The van der Waals surface area contributed by atoms with Crippen LogP contribution >= 0.6 is 11.6 Å². The van der Waals surface area contributed by atoms with Gasteiger partial charge in [0.2, 0.25) is 17.6 Å². The summed E-state index contributed by atoms with van der Waals surface area (Å²) < 4.78 is 10.5. The lowest BCUT2D eigenvalue weighted by Gasteiger charge is -2.32. The summed E-state index contributed by atoms with van der Waals surface area (Å²) in [5.41, 5.74) is 2.13. The molecule has 8 heteroatoms. The van der Waals surface area contributed by atoms with Gasteiger partial charge < -0.3 is 14.6 Å². The number of likely N-dealkylation sites (tertiary alicyclic amines) is 1. The molecule has 0 radical (unpaired) electrons. The number of rotatable bonds is 9. The highest BCUT2D eigenvalue weighted by Crippen LogP contribution is 2.20. The molecule has 3 aromatic rings. The third-order valence-corrected chi connectivity index (χ3v) is 6.13. The van der Waals surface area contributed by atoms with Gasteiger partial charge in [-0.2, -0.15) is 4.98 Å². The van der Waals surface area contributed by atoms with E-state index in [1.807, 2.05) is 36.4 Å². The van der Waals surface area contributed by atoms with Crippen LogP contribution in [-0.2, 0) is 17.8 Å². The first-order chi connectivity index (χ1) is 16.1. The maximum absolute atomic E-state index is 12.4. The molecule has 1 saturated heterocycles. The Bertz CT molecular complexity index is 1030. The van der Waals surface area contributed by atoms with Gasteiger partial charge in [0.25, 0.3) is 0 Å². The van der Waals surface area contributed by atoms with Crippen LogP contribution < -0.4 is 10.1 Å². The van der Waals surface area contributed by atoms with Gasteiger partial charge in [-0.05, 0) is 61.2 Å². The van der Waals surface area contributed by atoms with Gasteiger partial charge in [0.15, 0.2) is 0 Å². The Kier molecular flexibility index (Phi) is 7.96. The van der Waals surface area contributed by atoms with Crippen molar-refractivity contribution in [2.24, 2.45) is 0 Å².